The molecule has 0 N–H and O–H groups in total. The van der Waals surface area contributed by atoms with Crippen LogP contribution in [-0.4, -0.2) is 18.8 Å². The number of anilines is 1. The van der Waals surface area contributed by atoms with Crippen molar-refractivity contribution < 1.29 is 0 Å². The normalized spacial score (nSPS) is 16.0. The van der Waals surface area contributed by atoms with Crippen LogP contribution in [0.5, 0.6) is 0 Å². The fourth-order valence-corrected chi connectivity index (χ4v) is 2.95. The molecule has 1 aliphatic heterocycles. The van der Waals surface area contributed by atoms with Crippen molar-refractivity contribution in [2.24, 2.45) is 0 Å². The first-order valence-corrected chi connectivity index (χ1v) is 6.85. The van der Waals surface area contributed by atoms with E-state index >= 15 is 0 Å². The molecule has 3 heteroatoms. The van der Waals surface area contributed by atoms with Crippen LogP contribution in [0.3, 0.4) is 0 Å². The molecule has 0 unspecified atom stereocenters. The molecule has 0 spiro atoms. The largest absolute Gasteiger partial charge is 0.371 e. The molecular formula is C12H16ClNS. The maximum absolute atomic E-state index is 6.06. The van der Waals surface area contributed by atoms with Crippen LogP contribution in [0.15, 0.2) is 23.1 Å². The molecule has 1 nitrogen and oxygen atoms in total. The predicted octanol–water partition coefficient (Wildman–Crippen LogP) is 4.05. The van der Waals surface area contributed by atoms with Crippen LogP contribution in [0.25, 0.3) is 0 Å². The van der Waals surface area contributed by atoms with Crippen LogP contribution in [0.2, 0.25) is 5.02 Å². The molecule has 0 saturated carbocycles. The number of nitrogens with zero attached hydrogens (tertiary/aromatic N) is 1. The molecule has 0 atom stereocenters. The number of hydrogen-bond donors (Lipinski definition) is 0. The number of rotatable bonds is 3. The molecule has 0 aromatic heterocycles. The molecule has 1 saturated heterocycles. The van der Waals surface area contributed by atoms with Crippen molar-refractivity contribution in [3.63, 3.8) is 0 Å². The monoisotopic (exact) mass is 241 g/mol. The van der Waals surface area contributed by atoms with E-state index in [1.165, 1.54) is 36.5 Å². The van der Waals surface area contributed by atoms with E-state index in [1.54, 1.807) is 0 Å². The zero-order valence-electron chi connectivity index (χ0n) is 9.00. The number of benzene rings is 1. The van der Waals surface area contributed by atoms with Crippen molar-refractivity contribution in [3.05, 3.63) is 23.2 Å². The van der Waals surface area contributed by atoms with Crippen LogP contribution >= 0.6 is 23.4 Å². The number of halogens is 1. The van der Waals surface area contributed by atoms with Gasteiger partial charge >= 0.3 is 0 Å². The van der Waals surface area contributed by atoms with E-state index in [1.807, 2.05) is 17.8 Å². The fraction of sp³-hybridized carbons (Fsp3) is 0.500. The quantitative estimate of drug-likeness (QED) is 0.735. The summed E-state index contributed by atoms with van der Waals surface area (Å²) in [4.78, 5) is 3.81. The summed E-state index contributed by atoms with van der Waals surface area (Å²) in [6.45, 7) is 4.54. The van der Waals surface area contributed by atoms with Crippen molar-refractivity contribution in [2.75, 3.05) is 23.7 Å². The van der Waals surface area contributed by atoms with Gasteiger partial charge in [-0.1, -0.05) is 18.5 Å². The molecule has 0 bridgehead atoms. The van der Waals surface area contributed by atoms with E-state index in [9.17, 15) is 0 Å². The SMILES string of the molecule is CCSc1ccc(Cl)cc1N1CCCC1. The van der Waals surface area contributed by atoms with Crippen LogP contribution < -0.4 is 4.90 Å². The Balaban J connectivity index is 2.28. The second-order valence-electron chi connectivity index (χ2n) is 3.74. The molecule has 0 aliphatic carbocycles. The maximum Gasteiger partial charge on any atom is 0.0519 e. The van der Waals surface area contributed by atoms with Gasteiger partial charge in [0.1, 0.15) is 0 Å². The van der Waals surface area contributed by atoms with E-state index < -0.39 is 0 Å². The zero-order valence-corrected chi connectivity index (χ0v) is 10.6. The van der Waals surface area contributed by atoms with Crippen molar-refractivity contribution in [2.45, 2.75) is 24.7 Å². The summed E-state index contributed by atoms with van der Waals surface area (Å²) in [5, 5.41) is 0.845. The summed E-state index contributed by atoms with van der Waals surface area (Å²) in [6, 6.07) is 6.23. The Hall–Kier alpha value is -0.340. The summed E-state index contributed by atoms with van der Waals surface area (Å²) in [5.74, 6) is 1.11. The highest BCUT2D eigenvalue weighted by Gasteiger charge is 2.15. The highest BCUT2D eigenvalue weighted by atomic mass is 35.5. The molecule has 15 heavy (non-hydrogen) atoms. The molecule has 1 aromatic carbocycles. The van der Waals surface area contributed by atoms with E-state index in [-0.39, 0.29) is 0 Å². The second kappa shape index (κ2) is 5.13. The highest BCUT2D eigenvalue weighted by Crippen LogP contribution is 2.34. The van der Waals surface area contributed by atoms with Gasteiger partial charge in [0.15, 0.2) is 0 Å². The highest BCUT2D eigenvalue weighted by molar-refractivity contribution is 7.99. The minimum atomic E-state index is 0.845. The third-order valence-corrected chi connectivity index (χ3v) is 3.85. The lowest BCUT2D eigenvalue weighted by Crippen LogP contribution is -2.18. The maximum atomic E-state index is 6.06. The van der Waals surface area contributed by atoms with Crippen molar-refractivity contribution in [1.29, 1.82) is 0 Å². The van der Waals surface area contributed by atoms with Gasteiger partial charge in [-0.05, 0) is 36.8 Å². The van der Waals surface area contributed by atoms with Crippen molar-refractivity contribution in [1.82, 2.24) is 0 Å². The van der Waals surface area contributed by atoms with Gasteiger partial charge in [0.05, 0.1) is 5.69 Å². The van der Waals surface area contributed by atoms with Gasteiger partial charge in [-0.15, -0.1) is 11.8 Å². The lowest BCUT2D eigenvalue weighted by Gasteiger charge is -2.21. The Bertz CT molecular complexity index is 334. The first-order valence-electron chi connectivity index (χ1n) is 5.48. The Morgan fingerprint density at radius 3 is 2.73 bits per heavy atom. The summed E-state index contributed by atoms with van der Waals surface area (Å²) >= 11 is 7.96. The van der Waals surface area contributed by atoms with Crippen molar-refractivity contribution in [3.8, 4) is 0 Å². The number of hydrogen-bond acceptors (Lipinski definition) is 2. The van der Waals surface area contributed by atoms with E-state index in [0.717, 1.165) is 10.8 Å². The van der Waals surface area contributed by atoms with E-state index in [4.69, 9.17) is 11.6 Å². The summed E-state index contributed by atoms with van der Waals surface area (Å²) in [6.07, 6.45) is 2.62. The molecule has 1 aliphatic rings. The summed E-state index contributed by atoms with van der Waals surface area (Å²) in [5.41, 5.74) is 1.33. The molecule has 1 fully saturated rings. The molecule has 0 amide bonds. The van der Waals surface area contributed by atoms with Crippen molar-refractivity contribution >= 4 is 29.1 Å². The molecular weight excluding hydrogens is 226 g/mol. The van der Waals surface area contributed by atoms with Gasteiger partial charge in [0, 0.05) is 23.0 Å². The second-order valence-corrected chi connectivity index (χ2v) is 5.48. The molecule has 1 aromatic rings. The Kier molecular flexibility index (Phi) is 3.81. The first-order chi connectivity index (χ1) is 7.31. The molecule has 0 radical (unpaired) electrons. The van der Waals surface area contributed by atoms with E-state index in [2.05, 4.69) is 24.0 Å². The van der Waals surface area contributed by atoms with Gasteiger partial charge in [0.2, 0.25) is 0 Å². The van der Waals surface area contributed by atoms with Crippen LogP contribution in [0.4, 0.5) is 5.69 Å². The summed E-state index contributed by atoms with van der Waals surface area (Å²) < 4.78 is 0. The summed E-state index contributed by atoms with van der Waals surface area (Å²) in [7, 11) is 0. The predicted molar refractivity (Wildman–Crippen MR) is 69.3 cm³/mol. The van der Waals surface area contributed by atoms with Gasteiger partial charge in [-0.25, -0.2) is 0 Å². The topological polar surface area (TPSA) is 3.24 Å². The van der Waals surface area contributed by atoms with Gasteiger partial charge in [-0.3, -0.25) is 0 Å². The van der Waals surface area contributed by atoms with Crippen LogP contribution in [0, 0.1) is 0 Å². The standard InChI is InChI=1S/C12H16ClNS/c1-2-15-12-6-5-10(13)9-11(12)14-7-3-4-8-14/h5-6,9H,2-4,7-8H2,1H3. The molecule has 1 heterocycles. The third kappa shape index (κ3) is 2.61. The minimum Gasteiger partial charge on any atom is -0.371 e. The lowest BCUT2D eigenvalue weighted by molar-refractivity contribution is 0.949. The first kappa shape index (κ1) is 11.2. The van der Waals surface area contributed by atoms with Gasteiger partial charge < -0.3 is 4.90 Å². The Morgan fingerprint density at radius 2 is 2.07 bits per heavy atom. The third-order valence-electron chi connectivity index (χ3n) is 2.67. The fourth-order valence-electron chi connectivity index (χ4n) is 1.97. The molecule has 2 rings (SSSR count). The lowest BCUT2D eigenvalue weighted by atomic mass is 10.3. The Morgan fingerprint density at radius 1 is 1.33 bits per heavy atom. The zero-order chi connectivity index (χ0) is 10.7. The average molecular weight is 242 g/mol. The minimum absolute atomic E-state index is 0.845. The van der Waals surface area contributed by atoms with E-state index in [0.29, 0.717) is 0 Å². The van der Waals surface area contributed by atoms with Crippen LogP contribution in [0.1, 0.15) is 19.8 Å². The van der Waals surface area contributed by atoms with Crippen LogP contribution in [-0.2, 0) is 0 Å². The number of thioether (sulfide) groups is 1. The van der Waals surface area contributed by atoms with Gasteiger partial charge in [0.25, 0.3) is 0 Å². The Labute approximate surface area is 101 Å². The molecule has 82 valence electrons. The average Bonchev–Trinajstić information content (AvgIpc) is 2.74. The smallest absolute Gasteiger partial charge is 0.0519 e. The van der Waals surface area contributed by atoms with Gasteiger partial charge in [-0.2, -0.15) is 0 Å².